The van der Waals surface area contributed by atoms with Crippen LogP contribution in [-0.4, -0.2) is 41.9 Å². The molecule has 0 amide bonds. The Labute approximate surface area is 165 Å². The maximum absolute atomic E-state index is 13.2. The van der Waals surface area contributed by atoms with Crippen molar-refractivity contribution in [1.82, 2.24) is 4.98 Å². The number of rotatable bonds is 6. The van der Waals surface area contributed by atoms with E-state index in [0.29, 0.717) is 10.9 Å². The number of fused-ring (bicyclic) bond motifs is 1. The van der Waals surface area contributed by atoms with E-state index in [1.807, 2.05) is 0 Å². The van der Waals surface area contributed by atoms with E-state index in [1.54, 1.807) is 70.2 Å². The minimum absolute atomic E-state index is 0.108. The van der Waals surface area contributed by atoms with Crippen LogP contribution in [0.5, 0.6) is 0 Å². The van der Waals surface area contributed by atoms with Crippen molar-refractivity contribution >= 4 is 33.3 Å². The second-order valence-corrected chi connectivity index (χ2v) is 9.66. The summed E-state index contributed by atoms with van der Waals surface area (Å²) in [5.74, 6) is 0. The van der Waals surface area contributed by atoms with Gasteiger partial charge in [-0.15, -0.1) is 0 Å². The summed E-state index contributed by atoms with van der Waals surface area (Å²) < 4.78 is 32.2. The zero-order valence-electron chi connectivity index (χ0n) is 16.3. The molecule has 0 aliphatic carbocycles. The standard InChI is InChI=1S/C20H24BNO5S/c1-19(2,23)20(3,4)27-21(24)17-15-12-8-9-13-16(15)22-18(17)28(25,26)14-10-6-5-7-11-14/h5-13,22-24H,1-4H3. The van der Waals surface area contributed by atoms with Crippen LogP contribution >= 0.6 is 0 Å². The van der Waals surface area contributed by atoms with Crippen molar-refractivity contribution in [1.29, 1.82) is 0 Å². The van der Waals surface area contributed by atoms with Gasteiger partial charge in [0.2, 0.25) is 9.84 Å². The zero-order chi connectivity index (χ0) is 20.7. The number of H-pyrrole nitrogens is 1. The van der Waals surface area contributed by atoms with Gasteiger partial charge in [-0.25, -0.2) is 8.42 Å². The normalized spacial score (nSPS) is 13.1. The molecule has 3 rings (SSSR count). The van der Waals surface area contributed by atoms with Crippen molar-refractivity contribution in [2.75, 3.05) is 0 Å². The van der Waals surface area contributed by atoms with Gasteiger partial charge in [-0.05, 0) is 45.9 Å². The number of nitrogens with one attached hydrogen (secondary N) is 1. The third kappa shape index (κ3) is 3.60. The quantitative estimate of drug-likeness (QED) is 0.551. The van der Waals surface area contributed by atoms with Crippen LogP contribution in [0.3, 0.4) is 0 Å². The van der Waals surface area contributed by atoms with Gasteiger partial charge in [0.1, 0.15) is 5.03 Å². The number of sulfone groups is 1. The molecule has 0 bridgehead atoms. The Morgan fingerprint density at radius 1 is 0.964 bits per heavy atom. The van der Waals surface area contributed by atoms with Crippen LogP contribution in [0, 0.1) is 0 Å². The minimum Gasteiger partial charge on any atom is -0.423 e. The number of aromatic nitrogens is 1. The molecule has 0 saturated carbocycles. The van der Waals surface area contributed by atoms with Crippen molar-refractivity contribution < 1.29 is 23.2 Å². The minimum atomic E-state index is -3.93. The smallest absolute Gasteiger partial charge is 0.423 e. The number of aliphatic hydroxyl groups is 1. The van der Waals surface area contributed by atoms with Crippen LogP contribution in [0.15, 0.2) is 64.5 Å². The Kier molecular flexibility index (Phi) is 5.18. The van der Waals surface area contributed by atoms with Gasteiger partial charge in [-0.3, -0.25) is 0 Å². The summed E-state index contributed by atoms with van der Waals surface area (Å²) in [6, 6.07) is 15.0. The molecule has 1 heterocycles. The van der Waals surface area contributed by atoms with Gasteiger partial charge in [-0.2, -0.15) is 0 Å². The summed E-state index contributed by atoms with van der Waals surface area (Å²) in [6.45, 7) is 6.40. The monoisotopic (exact) mass is 401 g/mol. The van der Waals surface area contributed by atoms with Crippen molar-refractivity contribution in [3.63, 3.8) is 0 Å². The largest absolute Gasteiger partial charge is 0.495 e. The fraction of sp³-hybridized carbons (Fsp3) is 0.300. The number of hydrogen-bond acceptors (Lipinski definition) is 5. The lowest BCUT2D eigenvalue weighted by molar-refractivity contribution is -0.0982. The molecule has 0 aliphatic heterocycles. The van der Waals surface area contributed by atoms with E-state index in [0.717, 1.165) is 0 Å². The van der Waals surface area contributed by atoms with Crippen LogP contribution in [-0.2, 0) is 14.5 Å². The molecular formula is C20H24BNO5S. The van der Waals surface area contributed by atoms with Crippen molar-refractivity contribution in [3.8, 4) is 0 Å². The highest BCUT2D eigenvalue weighted by molar-refractivity contribution is 7.91. The molecule has 0 atom stereocenters. The van der Waals surface area contributed by atoms with E-state index in [2.05, 4.69) is 4.98 Å². The van der Waals surface area contributed by atoms with Crippen LogP contribution < -0.4 is 5.46 Å². The third-order valence-corrected chi connectivity index (χ3v) is 6.91. The van der Waals surface area contributed by atoms with Crippen LogP contribution in [0.25, 0.3) is 10.9 Å². The van der Waals surface area contributed by atoms with Gasteiger partial charge in [0.25, 0.3) is 0 Å². The molecule has 28 heavy (non-hydrogen) atoms. The lowest BCUT2D eigenvalue weighted by Gasteiger charge is -2.38. The highest BCUT2D eigenvalue weighted by Gasteiger charge is 2.42. The van der Waals surface area contributed by atoms with E-state index in [4.69, 9.17) is 4.65 Å². The molecule has 3 aromatic rings. The number of para-hydroxylation sites is 1. The molecule has 0 radical (unpaired) electrons. The number of aromatic amines is 1. The molecule has 0 spiro atoms. The Hall–Kier alpha value is -2.13. The van der Waals surface area contributed by atoms with Gasteiger partial charge >= 0.3 is 7.12 Å². The Morgan fingerprint density at radius 3 is 2.14 bits per heavy atom. The van der Waals surface area contributed by atoms with Gasteiger partial charge in [0.15, 0.2) is 0 Å². The molecule has 0 saturated heterocycles. The SMILES string of the molecule is CC(C)(O)C(C)(C)OB(O)c1c(S(=O)(=O)c2ccccc2)[nH]c2ccccc12. The molecule has 8 heteroatoms. The number of benzene rings is 2. The molecular weight excluding hydrogens is 377 g/mol. The van der Waals surface area contributed by atoms with E-state index in [-0.39, 0.29) is 15.4 Å². The molecule has 1 aromatic heterocycles. The first-order valence-corrected chi connectivity index (χ1v) is 10.4. The van der Waals surface area contributed by atoms with E-state index >= 15 is 0 Å². The summed E-state index contributed by atoms with van der Waals surface area (Å²) >= 11 is 0. The second-order valence-electron chi connectivity index (χ2n) is 7.77. The lowest BCUT2D eigenvalue weighted by atomic mass is 9.76. The van der Waals surface area contributed by atoms with Gasteiger partial charge in [0.05, 0.1) is 16.1 Å². The first-order chi connectivity index (χ1) is 12.9. The fourth-order valence-corrected chi connectivity index (χ4v) is 4.29. The molecule has 0 unspecified atom stereocenters. The second kappa shape index (κ2) is 7.04. The first kappa shape index (κ1) is 20.6. The van der Waals surface area contributed by atoms with Gasteiger partial charge in [-0.1, -0.05) is 36.4 Å². The predicted molar refractivity (Wildman–Crippen MR) is 109 cm³/mol. The van der Waals surface area contributed by atoms with Crippen molar-refractivity contribution in [2.45, 2.75) is 48.8 Å². The van der Waals surface area contributed by atoms with E-state index < -0.39 is 28.2 Å². The summed E-state index contributed by atoms with van der Waals surface area (Å²) in [5, 5.41) is 21.6. The third-order valence-electron chi connectivity index (χ3n) is 5.16. The average molecular weight is 401 g/mol. The van der Waals surface area contributed by atoms with Crippen molar-refractivity contribution in [2.24, 2.45) is 0 Å². The van der Waals surface area contributed by atoms with Gasteiger partial charge < -0.3 is 19.8 Å². The summed E-state index contributed by atoms with van der Waals surface area (Å²) in [4.78, 5) is 3.03. The van der Waals surface area contributed by atoms with Crippen molar-refractivity contribution in [3.05, 3.63) is 54.6 Å². The van der Waals surface area contributed by atoms with Crippen LogP contribution in [0.2, 0.25) is 0 Å². The predicted octanol–water partition coefficient (Wildman–Crippen LogP) is 2.25. The van der Waals surface area contributed by atoms with Crippen LogP contribution in [0.1, 0.15) is 27.7 Å². The highest BCUT2D eigenvalue weighted by Crippen LogP contribution is 2.28. The molecule has 0 aliphatic rings. The molecule has 2 aromatic carbocycles. The summed E-state index contributed by atoms with van der Waals surface area (Å²) in [7, 11) is -5.49. The summed E-state index contributed by atoms with van der Waals surface area (Å²) in [5.41, 5.74) is -1.72. The van der Waals surface area contributed by atoms with Crippen LogP contribution in [0.4, 0.5) is 0 Å². The van der Waals surface area contributed by atoms with Gasteiger partial charge in [0, 0.05) is 16.4 Å². The summed E-state index contributed by atoms with van der Waals surface area (Å²) in [6.07, 6.45) is 0. The molecule has 0 fully saturated rings. The Morgan fingerprint density at radius 2 is 1.54 bits per heavy atom. The maximum atomic E-state index is 13.2. The zero-order valence-corrected chi connectivity index (χ0v) is 17.1. The Balaban J connectivity index is 2.18. The Bertz CT molecular complexity index is 1080. The maximum Gasteiger partial charge on any atom is 0.495 e. The lowest BCUT2D eigenvalue weighted by Crippen LogP contribution is -2.53. The topological polar surface area (TPSA) is 99.6 Å². The molecule has 3 N–H and O–H groups in total. The first-order valence-electron chi connectivity index (χ1n) is 8.94. The average Bonchev–Trinajstić information content (AvgIpc) is 3.01. The fourth-order valence-electron chi connectivity index (χ4n) is 2.80. The van der Waals surface area contributed by atoms with E-state index in [1.165, 1.54) is 12.1 Å². The molecule has 6 nitrogen and oxygen atoms in total. The highest BCUT2D eigenvalue weighted by atomic mass is 32.2. The van der Waals surface area contributed by atoms with E-state index in [9.17, 15) is 18.5 Å². The molecule has 148 valence electrons. The number of hydrogen-bond donors (Lipinski definition) is 3.